The van der Waals surface area contributed by atoms with E-state index in [-0.39, 0.29) is 18.6 Å². The molecule has 0 bridgehead atoms. The fourth-order valence-electron chi connectivity index (χ4n) is 1.62. The number of likely N-dealkylation sites (N-methyl/N-ethyl adjacent to an activating group) is 1. The Morgan fingerprint density at radius 2 is 2.21 bits per heavy atom. The van der Waals surface area contributed by atoms with E-state index < -0.39 is 11.7 Å². The second kappa shape index (κ2) is 6.06. The van der Waals surface area contributed by atoms with Crippen LogP contribution in [0.3, 0.4) is 0 Å². The van der Waals surface area contributed by atoms with Crippen LogP contribution in [0.1, 0.15) is 39.5 Å². The van der Waals surface area contributed by atoms with Crippen LogP contribution in [0.5, 0.6) is 0 Å². The minimum Gasteiger partial charge on any atom is -0.449 e. The van der Waals surface area contributed by atoms with Crippen molar-refractivity contribution in [3.8, 4) is 0 Å². The Bertz CT molecular complexity index is 397. The summed E-state index contributed by atoms with van der Waals surface area (Å²) >= 11 is 0. The molecule has 1 rings (SSSR count). The fourth-order valence-corrected chi connectivity index (χ4v) is 1.62. The van der Waals surface area contributed by atoms with E-state index in [4.69, 9.17) is 9.15 Å². The minimum atomic E-state index is -0.553. The molecule has 1 amide bonds. The monoisotopic (exact) mass is 270 g/mol. The summed E-state index contributed by atoms with van der Waals surface area (Å²) in [7, 11) is 1.63. The van der Waals surface area contributed by atoms with E-state index in [9.17, 15) is 9.90 Å². The summed E-state index contributed by atoms with van der Waals surface area (Å²) in [5.41, 5.74) is -0.553. The van der Waals surface area contributed by atoms with Crippen LogP contribution in [0.4, 0.5) is 4.79 Å². The molecule has 2 atom stereocenters. The van der Waals surface area contributed by atoms with Crippen molar-refractivity contribution < 1.29 is 19.1 Å². The van der Waals surface area contributed by atoms with Gasteiger partial charge in [0.15, 0.2) is 0 Å². The third-order valence-electron chi connectivity index (χ3n) is 2.84. The lowest BCUT2D eigenvalue weighted by molar-refractivity contribution is 0.0185. The first kappa shape index (κ1) is 15.5. The maximum atomic E-state index is 12.0. The topological polar surface area (TPSA) is 75.8 Å². The molecular formula is C13H22N2O4. The summed E-state index contributed by atoms with van der Waals surface area (Å²) in [4.78, 5) is 17.4. The van der Waals surface area contributed by atoms with Gasteiger partial charge in [0.05, 0.1) is 18.7 Å². The summed E-state index contributed by atoms with van der Waals surface area (Å²) in [5.74, 6) is 0.0259. The molecule has 2 unspecified atom stereocenters. The third-order valence-corrected chi connectivity index (χ3v) is 2.84. The van der Waals surface area contributed by atoms with E-state index in [0.29, 0.717) is 5.89 Å². The molecular weight excluding hydrogens is 248 g/mol. The van der Waals surface area contributed by atoms with E-state index in [2.05, 4.69) is 4.98 Å². The molecule has 1 heterocycles. The van der Waals surface area contributed by atoms with Crippen molar-refractivity contribution in [2.24, 2.45) is 0 Å². The molecule has 0 aliphatic rings. The van der Waals surface area contributed by atoms with Gasteiger partial charge in [0, 0.05) is 13.1 Å². The lowest BCUT2D eigenvalue weighted by atomic mass is 10.0. The predicted molar refractivity (Wildman–Crippen MR) is 69.8 cm³/mol. The van der Waals surface area contributed by atoms with Crippen molar-refractivity contribution in [1.29, 1.82) is 0 Å². The Labute approximate surface area is 113 Å². The number of aliphatic hydroxyl groups excluding tert-OH is 1. The highest BCUT2D eigenvalue weighted by Crippen LogP contribution is 2.22. The first-order valence-corrected chi connectivity index (χ1v) is 6.22. The number of oxazole rings is 1. The second-order valence-electron chi connectivity index (χ2n) is 5.49. The SMILES string of the molecule is CC(C(CO)c1ncco1)N(C)C(=O)OC(C)(C)C. The van der Waals surface area contributed by atoms with Gasteiger partial charge < -0.3 is 19.2 Å². The van der Waals surface area contributed by atoms with Crippen LogP contribution in [0.2, 0.25) is 0 Å². The van der Waals surface area contributed by atoms with E-state index in [0.717, 1.165) is 0 Å². The first-order valence-electron chi connectivity index (χ1n) is 6.22. The number of nitrogens with zero attached hydrogens (tertiary/aromatic N) is 2. The fraction of sp³-hybridized carbons (Fsp3) is 0.692. The second-order valence-corrected chi connectivity index (χ2v) is 5.49. The van der Waals surface area contributed by atoms with Gasteiger partial charge in [-0.25, -0.2) is 9.78 Å². The number of rotatable bonds is 4. The highest BCUT2D eigenvalue weighted by Gasteiger charge is 2.30. The molecule has 1 N–H and O–H groups in total. The Hall–Kier alpha value is -1.56. The van der Waals surface area contributed by atoms with E-state index in [1.807, 2.05) is 6.92 Å². The zero-order valence-corrected chi connectivity index (χ0v) is 12.1. The van der Waals surface area contributed by atoms with Crippen molar-refractivity contribution in [2.45, 2.75) is 45.3 Å². The minimum absolute atomic E-state index is 0.158. The van der Waals surface area contributed by atoms with Crippen molar-refractivity contribution in [3.63, 3.8) is 0 Å². The van der Waals surface area contributed by atoms with Gasteiger partial charge in [0.1, 0.15) is 11.9 Å². The molecule has 6 heteroatoms. The molecule has 1 aromatic rings. The zero-order valence-electron chi connectivity index (χ0n) is 12.1. The summed E-state index contributed by atoms with van der Waals surface area (Å²) in [6.45, 7) is 7.08. The lowest BCUT2D eigenvalue weighted by Crippen LogP contribution is -2.43. The van der Waals surface area contributed by atoms with Gasteiger partial charge in [-0.2, -0.15) is 0 Å². The highest BCUT2D eigenvalue weighted by atomic mass is 16.6. The number of aliphatic hydroxyl groups is 1. The van der Waals surface area contributed by atoms with Crippen molar-refractivity contribution >= 4 is 6.09 Å². The number of amides is 1. The molecule has 0 spiro atoms. The summed E-state index contributed by atoms with van der Waals surface area (Å²) < 4.78 is 10.5. The van der Waals surface area contributed by atoms with Crippen LogP contribution in [0, 0.1) is 0 Å². The van der Waals surface area contributed by atoms with Crippen molar-refractivity contribution in [2.75, 3.05) is 13.7 Å². The number of aromatic nitrogens is 1. The van der Waals surface area contributed by atoms with Gasteiger partial charge >= 0.3 is 6.09 Å². The van der Waals surface area contributed by atoms with Crippen LogP contribution in [-0.2, 0) is 4.74 Å². The average molecular weight is 270 g/mol. The Morgan fingerprint density at radius 1 is 1.58 bits per heavy atom. The third kappa shape index (κ3) is 4.24. The summed E-state index contributed by atoms with van der Waals surface area (Å²) in [6.07, 6.45) is 2.51. The van der Waals surface area contributed by atoms with Crippen molar-refractivity contribution in [3.05, 3.63) is 18.4 Å². The Balaban J connectivity index is 2.75. The van der Waals surface area contributed by atoms with E-state index >= 15 is 0 Å². The molecule has 19 heavy (non-hydrogen) atoms. The first-order chi connectivity index (χ1) is 8.76. The van der Waals surface area contributed by atoms with E-state index in [1.54, 1.807) is 27.8 Å². The number of hydrogen-bond acceptors (Lipinski definition) is 5. The molecule has 0 aliphatic carbocycles. The van der Waals surface area contributed by atoms with Crippen LogP contribution in [-0.4, -0.2) is 46.4 Å². The average Bonchev–Trinajstić information content (AvgIpc) is 2.80. The maximum absolute atomic E-state index is 12.0. The maximum Gasteiger partial charge on any atom is 0.410 e. The molecule has 0 saturated carbocycles. The molecule has 0 saturated heterocycles. The van der Waals surface area contributed by atoms with Crippen LogP contribution in [0.25, 0.3) is 0 Å². The van der Waals surface area contributed by atoms with Gasteiger partial charge in [0.2, 0.25) is 5.89 Å². The molecule has 6 nitrogen and oxygen atoms in total. The number of ether oxygens (including phenoxy) is 1. The zero-order chi connectivity index (χ0) is 14.6. The van der Waals surface area contributed by atoms with Crippen LogP contribution in [0.15, 0.2) is 16.9 Å². The predicted octanol–water partition coefficient (Wildman–Crippen LogP) is 2.01. The molecule has 0 aromatic carbocycles. The quantitative estimate of drug-likeness (QED) is 0.905. The lowest BCUT2D eigenvalue weighted by Gasteiger charge is -2.31. The van der Waals surface area contributed by atoms with Gasteiger partial charge in [-0.3, -0.25) is 0 Å². The normalized spacial score (nSPS) is 14.8. The molecule has 0 radical (unpaired) electrons. The number of carbonyl (C=O) groups excluding carboxylic acids is 1. The molecule has 0 fully saturated rings. The van der Waals surface area contributed by atoms with Crippen LogP contribution >= 0.6 is 0 Å². The highest BCUT2D eigenvalue weighted by molar-refractivity contribution is 5.68. The Kier molecular flexibility index (Phi) is 4.94. The molecule has 108 valence electrons. The van der Waals surface area contributed by atoms with Gasteiger partial charge in [-0.15, -0.1) is 0 Å². The Morgan fingerprint density at radius 3 is 2.63 bits per heavy atom. The number of carbonyl (C=O) groups is 1. The smallest absolute Gasteiger partial charge is 0.410 e. The van der Waals surface area contributed by atoms with Gasteiger partial charge in [-0.05, 0) is 27.7 Å². The largest absolute Gasteiger partial charge is 0.449 e. The van der Waals surface area contributed by atoms with E-state index in [1.165, 1.54) is 17.4 Å². The number of hydrogen-bond donors (Lipinski definition) is 1. The standard InChI is InChI=1S/C13H22N2O4/c1-9(10(8-16)11-14-6-7-18-11)15(5)12(17)19-13(2,3)4/h6-7,9-10,16H,8H2,1-5H3. The summed E-state index contributed by atoms with van der Waals surface area (Å²) in [6, 6.07) is -0.293. The van der Waals surface area contributed by atoms with Gasteiger partial charge in [-0.1, -0.05) is 0 Å². The molecule has 0 aliphatic heterocycles. The van der Waals surface area contributed by atoms with Gasteiger partial charge in [0.25, 0.3) is 0 Å². The van der Waals surface area contributed by atoms with Crippen LogP contribution < -0.4 is 0 Å². The molecule has 1 aromatic heterocycles. The summed E-state index contributed by atoms with van der Waals surface area (Å²) in [5, 5.41) is 9.45. The van der Waals surface area contributed by atoms with Crippen molar-refractivity contribution in [1.82, 2.24) is 9.88 Å².